The molecule has 116 valence electrons. The first-order valence-corrected chi connectivity index (χ1v) is 7.76. The van der Waals surface area contributed by atoms with E-state index < -0.39 is 6.10 Å². The van der Waals surface area contributed by atoms with Gasteiger partial charge in [0, 0.05) is 5.41 Å². The second-order valence-corrected chi connectivity index (χ2v) is 6.23. The van der Waals surface area contributed by atoms with E-state index in [1.54, 1.807) is 10.9 Å². The van der Waals surface area contributed by atoms with Gasteiger partial charge in [-0.05, 0) is 37.1 Å². The van der Waals surface area contributed by atoms with Crippen molar-refractivity contribution >= 4 is 0 Å². The highest BCUT2D eigenvalue weighted by molar-refractivity contribution is 5.45. The smallest absolute Gasteiger partial charge is 0.108 e. The molecule has 3 N–H and O–H groups in total. The standard InChI is InChI=1S/C16H20N4O2/c21-10-11-9-20(19-18-11)14-12-3-1-2-4-13(12)16(15(14)22)5-7-17-8-6-16/h1-4,9,14-15,17,21-22H,5-8,10H2/t14-,15+/m1/s1. The van der Waals surface area contributed by atoms with Crippen LogP contribution in [0, 0.1) is 0 Å². The van der Waals surface area contributed by atoms with E-state index in [1.807, 2.05) is 12.1 Å². The second kappa shape index (κ2) is 5.15. The summed E-state index contributed by atoms with van der Waals surface area (Å²) >= 11 is 0. The van der Waals surface area contributed by atoms with E-state index in [2.05, 4.69) is 27.8 Å². The van der Waals surface area contributed by atoms with Crippen LogP contribution < -0.4 is 5.32 Å². The molecule has 1 aromatic heterocycles. The number of aliphatic hydroxyl groups is 2. The molecule has 6 heteroatoms. The van der Waals surface area contributed by atoms with E-state index in [4.69, 9.17) is 0 Å². The Morgan fingerprint density at radius 3 is 2.77 bits per heavy atom. The van der Waals surface area contributed by atoms with Gasteiger partial charge in [-0.3, -0.25) is 0 Å². The first-order valence-electron chi connectivity index (χ1n) is 7.76. The lowest BCUT2D eigenvalue weighted by Crippen LogP contribution is -2.47. The summed E-state index contributed by atoms with van der Waals surface area (Å²) in [6, 6.07) is 8.01. The van der Waals surface area contributed by atoms with Crippen LogP contribution in [0.5, 0.6) is 0 Å². The van der Waals surface area contributed by atoms with Crippen molar-refractivity contribution in [1.82, 2.24) is 20.3 Å². The van der Waals surface area contributed by atoms with E-state index in [0.717, 1.165) is 31.5 Å². The van der Waals surface area contributed by atoms with E-state index >= 15 is 0 Å². The maximum absolute atomic E-state index is 11.1. The average Bonchev–Trinajstić information content (AvgIpc) is 3.12. The van der Waals surface area contributed by atoms with Gasteiger partial charge in [0.05, 0.1) is 18.9 Å². The average molecular weight is 300 g/mol. The largest absolute Gasteiger partial charge is 0.390 e. The van der Waals surface area contributed by atoms with Gasteiger partial charge in [0.25, 0.3) is 0 Å². The Morgan fingerprint density at radius 2 is 2.05 bits per heavy atom. The molecule has 4 rings (SSSR count). The lowest BCUT2D eigenvalue weighted by molar-refractivity contribution is 0.0421. The monoisotopic (exact) mass is 300 g/mol. The summed E-state index contributed by atoms with van der Waals surface area (Å²) in [5.74, 6) is 0. The number of hydrogen-bond acceptors (Lipinski definition) is 5. The number of fused-ring (bicyclic) bond motifs is 2. The first-order chi connectivity index (χ1) is 10.8. The van der Waals surface area contributed by atoms with Gasteiger partial charge in [-0.2, -0.15) is 0 Å². The van der Waals surface area contributed by atoms with Gasteiger partial charge in [0.1, 0.15) is 11.7 Å². The second-order valence-electron chi connectivity index (χ2n) is 6.23. The summed E-state index contributed by atoms with van der Waals surface area (Å²) in [5.41, 5.74) is 2.66. The highest BCUT2D eigenvalue weighted by Gasteiger charge is 2.52. The Kier molecular flexibility index (Phi) is 3.25. The summed E-state index contributed by atoms with van der Waals surface area (Å²) in [7, 11) is 0. The Labute approximate surface area is 128 Å². The van der Waals surface area contributed by atoms with Crippen LogP contribution in [0.3, 0.4) is 0 Å². The fraction of sp³-hybridized carbons (Fsp3) is 0.500. The number of benzene rings is 1. The Balaban J connectivity index is 1.83. The molecule has 0 radical (unpaired) electrons. The van der Waals surface area contributed by atoms with E-state index in [1.165, 1.54) is 5.56 Å². The molecule has 2 aromatic rings. The number of rotatable bonds is 2. The number of aromatic nitrogens is 3. The van der Waals surface area contributed by atoms with Crippen LogP contribution in [0.1, 0.15) is 35.7 Å². The lowest BCUT2D eigenvalue weighted by atomic mass is 9.72. The fourth-order valence-electron chi connectivity index (χ4n) is 4.09. The van der Waals surface area contributed by atoms with Gasteiger partial charge in [0.2, 0.25) is 0 Å². The van der Waals surface area contributed by atoms with Crippen molar-refractivity contribution in [3.8, 4) is 0 Å². The maximum Gasteiger partial charge on any atom is 0.108 e. The van der Waals surface area contributed by atoms with Crippen molar-refractivity contribution in [3.63, 3.8) is 0 Å². The van der Waals surface area contributed by atoms with Gasteiger partial charge in [-0.15, -0.1) is 5.10 Å². The minimum absolute atomic E-state index is 0.139. The molecule has 1 spiro atoms. The van der Waals surface area contributed by atoms with Gasteiger partial charge >= 0.3 is 0 Å². The van der Waals surface area contributed by atoms with Crippen LogP contribution >= 0.6 is 0 Å². The third kappa shape index (κ3) is 1.84. The molecule has 6 nitrogen and oxygen atoms in total. The number of hydrogen-bond donors (Lipinski definition) is 3. The summed E-state index contributed by atoms with van der Waals surface area (Å²) < 4.78 is 1.70. The number of aliphatic hydroxyl groups excluding tert-OH is 2. The Morgan fingerprint density at radius 1 is 1.27 bits per heavy atom. The van der Waals surface area contributed by atoms with Crippen molar-refractivity contribution in [3.05, 3.63) is 47.3 Å². The molecule has 2 aliphatic rings. The van der Waals surface area contributed by atoms with Crippen LogP contribution in [0.4, 0.5) is 0 Å². The summed E-state index contributed by atoms with van der Waals surface area (Å²) in [6.45, 7) is 1.69. The molecule has 1 aromatic carbocycles. The third-order valence-electron chi connectivity index (χ3n) is 5.18. The minimum Gasteiger partial charge on any atom is -0.390 e. The molecule has 2 heterocycles. The van der Waals surface area contributed by atoms with Gasteiger partial charge < -0.3 is 15.5 Å². The molecule has 1 aliphatic carbocycles. The van der Waals surface area contributed by atoms with Crippen molar-refractivity contribution in [2.45, 2.75) is 37.0 Å². The minimum atomic E-state index is -0.528. The predicted molar refractivity (Wildman–Crippen MR) is 80.3 cm³/mol. The number of piperidine rings is 1. The van der Waals surface area contributed by atoms with Gasteiger partial charge in [-0.1, -0.05) is 29.5 Å². The quantitative estimate of drug-likeness (QED) is 0.746. The predicted octanol–water partition coefficient (Wildman–Crippen LogP) is 0.355. The summed E-state index contributed by atoms with van der Waals surface area (Å²) in [4.78, 5) is 0. The van der Waals surface area contributed by atoms with Crippen molar-refractivity contribution in [2.75, 3.05) is 13.1 Å². The zero-order chi connectivity index (χ0) is 15.2. The molecule has 1 saturated heterocycles. The molecular formula is C16H20N4O2. The lowest BCUT2D eigenvalue weighted by Gasteiger charge is -2.38. The molecule has 22 heavy (non-hydrogen) atoms. The molecule has 0 saturated carbocycles. The van der Waals surface area contributed by atoms with Crippen LogP contribution in [0.2, 0.25) is 0 Å². The van der Waals surface area contributed by atoms with Crippen molar-refractivity contribution < 1.29 is 10.2 Å². The topological polar surface area (TPSA) is 83.2 Å². The Hall–Kier alpha value is -1.76. The molecular weight excluding hydrogens is 280 g/mol. The van der Waals surface area contributed by atoms with Gasteiger partial charge in [-0.25, -0.2) is 4.68 Å². The van der Waals surface area contributed by atoms with E-state index in [-0.39, 0.29) is 18.1 Å². The van der Waals surface area contributed by atoms with Gasteiger partial charge in [0.15, 0.2) is 0 Å². The molecule has 0 unspecified atom stereocenters. The summed E-state index contributed by atoms with van der Waals surface area (Å²) in [6.07, 6.45) is 3.04. The third-order valence-corrected chi connectivity index (χ3v) is 5.18. The molecule has 2 atom stereocenters. The van der Waals surface area contributed by atoms with Crippen LogP contribution in [0.25, 0.3) is 0 Å². The molecule has 0 bridgehead atoms. The first kappa shape index (κ1) is 13.9. The number of nitrogens with one attached hydrogen (secondary N) is 1. The van der Waals surface area contributed by atoms with E-state index in [9.17, 15) is 10.2 Å². The molecule has 1 aliphatic heterocycles. The van der Waals surface area contributed by atoms with Crippen LogP contribution in [-0.4, -0.2) is 44.4 Å². The Bertz CT molecular complexity index is 678. The fourth-order valence-corrected chi connectivity index (χ4v) is 4.09. The SMILES string of the molecule is OCc1cn([C@@H]2c3ccccc3C3(CCNCC3)[C@H]2O)nn1. The molecule has 0 amide bonds. The van der Waals surface area contributed by atoms with Crippen LogP contribution in [-0.2, 0) is 12.0 Å². The normalized spacial score (nSPS) is 26.3. The van der Waals surface area contributed by atoms with Crippen molar-refractivity contribution in [1.29, 1.82) is 0 Å². The summed E-state index contributed by atoms with van der Waals surface area (Å²) in [5, 5.41) is 31.8. The zero-order valence-electron chi connectivity index (χ0n) is 12.3. The van der Waals surface area contributed by atoms with Crippen molar-refractivity contribution in [2.24, 2.45) is 0 Å². The van der Waals surface area contributed by atoms with E-state index in [0.29, 0.717) is 5.69 Å². The highest BCUT2D eigenvalue weighted by atomic mass is 16.3. The van der Waals surface area contributed by atoms with Crippen LogP contribution in [0.15, 0.2) is 30.5 Å². The number of nitrogens with zero attached hydrogens (tertiary/aromatic N) is 3. The highest BCUT2D eigenvalue weighted by Crippen LogP contribution is 2.51. The maximum atomic E-state index is 11.1. The molecule has 1 fully saturated rings. The zero-order valence-corrected chi connectivity index (χ0v) is 12.3.